The number of anilines is 1. The molecule has 0 bridgehead atoms. The average molecular weight is 316 g/mol. The van der Waals surface area contributed by atoms with E-state index in [9.17, 15) is 4.79 Å². The number of amidine groups is 1. The highest BCUT2D eigenvalue weighted by molar-refractivity contribution is 6.36. The zero-order chi connectivity index (χ0) is 14.9. The molecule has 0 heterocycles. The van der Waals surface area contributed by atoms with Gasteiger partial charge in [0.25, 0.3) is 0 Å². The Bertz CT molecular complexity index is 569. The molecule has 0 spiro atoms. The van der Waals surface area contributed by atoms with E-state index in [-0.39, 0.29) is 11.7 Å². The second kappa shape index (κ2) is 5.50. The molecule has 1 aromatic carbocycles. The second-order valence-electron chi connectivity index (χ2n) is 5.16. The van der Waals surface area contributed by atoms with Crippen LogP contribution >= 0.6 is 23.2 Å². The fourth-order valence-corrected chi connectivity index (χ4v) is 2.91. The zero-order valence-corrected chi connectivity index (χ0v) is 12.4. The first kappa shape index (κ1) is 14.9. The standard InChI is InChI=1S/C13H15Cl2N3O2/c1-7-5-13(6-7,11(16)18-20)12(19)17-10-4-8(14)2-3-9(10)15/h2-4,7,20H,5-6H2,1H3,(H2,16,18)(H,17,19). The van der Waals surface area contributed by atoms with Crippen molar-refractivity contribution in [3.8, 4) is 0 Å². The highest BCUT2D eigenvalue weighted by Gasteiger charge is 2.52. The molecule has 5 nitrogen and oxygen atoms in total. The topological polar surface area (TPSA) is 87.7 Å². The van der Waals surface area contributed by atoms with E-state index in [0.717, 1.165) is 0 Å². The molecular weight excluding hydrogens is 301 g/mol. The van der Waals surface area contributed by atoms with E-state index in [0.29, 0.717) is 34.5 Å². The first-order valence-corrected chi connectivity index (χ1v) is 6.89. The summed E-state index contributed by atoms with van der Waals surface area (Å²) in [4.78, 5) is 12.4. The number of hydrogen-bond acceptors (Lipinski definition) is 3. The molecule has 0 atom stereocenters. The number of carbonyl (C=O) groups excluding carboxylic acids is 1. The number of amides is 1. The minimum absolute atomic E-state index is 0.0775. The predicted molar refractivity (Wildman–Crippen MR) is 79.3 cm³/mol. The lowest BCUT2D eigenvalue weighted by Crippen LogP contribution is -2.54. The van der Waals surface area contributed by atoms with Crippen LogP contribution in [0.1, 0.15) is 19.8 Å². The molecule has 1 aliphatic rings. The van der Waals surface area contributed by atoms with Gasteiger partial charge in [0.1, 0.15) is 5.41 Å². The monoisotopic (exact) mass is 315 g/mol. The van der Waals surface area contributed by atoms with E-state index in [1.54, 1.807) is 18.2 Å². The van der Waals surface area contributed by atoms with E-state index in [4.69, 9.17) is 34.1 Å². The fourth-order valence-electron chi connectivity index (χ4n) is 2.57. The highest BCUT2D eigenvalue weighted by Crippen LogP contribution is 2.46. The molecule has 0 aromatic heterocycles. The molecule has 108 valence electrons. The normalized spacial score (nSPS) is 25.9. The molecule has 0 unspecified atom stereocenters. The Balaban J connectivity index is 2.24. The number of carbonyl (C=O) groups is 1. The molecule has 1 amide bonds. The average Bonchev–Trinajstić information content (AvgIpc) is 2.38. The van der Waals surface area contributed by atoms with Gasteiger partial charge in [-0.15, -0.1) is 0 Å². The number of rotatable bonds is 3. The number of nitrogens with two attached hydrogens (primary N) is 1. The van der Waals surface area contributed by atoms with Crippen molar-refractivity contribution in [1.82, 2.24) is 0 Å². The summed E-state index contributed by atoms with van der Waals surface area (Å²) in [5, 5.41) is 15.4. The van der Waals surface area contributed by atoms with Crippen LogP contribution in [0.4, 0.5) is 5.69 Å². The summed E-state index contributed by atoms with van der Waals surface area (Å²) in [5.74, 6) is -0.0720. The van der Waals surface area contributed by atoms with E-state index in [1.165, 1.54) is 0 Å². The van der Waals surface area contributed by atoms with Gasteiger partial charge < -0.3 is 16.3 Å². The Labute approximate surface area is 126 Å². The Morgan fingerprint density at radius 1 is 1.50 bits per heavy atom. The second-order valence-corrected chi connectivity index (χ2v) is 6.00. The number of nitrogens with one attached hydrogen (secondary N) is 1. The quantitative estimate of drug-likeness (QED) is 0.346. The maximum atomic E-state index is 12.4. The zero-order valence-electron chi connectivity index (χ0n) is 10.9. The van der Waals surface area contributed by atoms with Crippen molar-refractivity contribution in [2.45, 2.75) is 19.8 Å². The molecule has 7 heteroatoms. The van der Waals surface area contributed by atoms with Crippen LogP contribution in [0.3, 0.4) is 0 Å². The minimum Gasteiger partial charge on any atom is -0.409 e. The van der Waals surface area contributed by atoms with E-state index in [1.807, 2.05) is 6.92 Å². The van der Waals surface area contributed by atoms with Gasteiger partial charge in [0.15, 0.2) is 5.84 Å². The van der Waals surface area contributed by atoms with Crippen molar-refractivity contribution >= 4 is 40.6 Å². The van der Waals surface area contributed by atoms with Crippen molar-refractivity contribution in [1.29, 1.82) is 0 Å². The third-order valence-corrected chi connectivity index (χ3v) is 4.17. The number of oxime groups is 1. The van der Waals surface area contributed by atoms with Crippen LogP contribution in [0.5, 0.6) is 0 Å². The number of benzene rings is 1. The Kier molecular flexibility index (Phi) is 4.11. The molecule has 20 heavy (non-hydrogen) atoms. The Hall–Kier alpha value is -1.46. The molecule has 1 aliphatic carbocycles. The van der Waals surface area contributed by atoms with Gasteiger partial charge in [0, 0.05) is 5.02 Å². The van der Waals surface area contributed by atoms with Crippen LogP contribution < -0.4 is 11.1 Å². The van der Waals surface area contributed by atoms with Gasteiger partial charge in [0.2, 0.25) is 5.91 Å². The summed E-state index contributed by atoms with van der Waals surface area (Å²) in [5.41, 5.74) is 5.12. The summed E-state index contributed by atoms with van der Waals surface area (Å²) < 4.78 is 0. The molecule has 0 saturated heterocycles. The van der Waals surface area contributed by atoms with Gasteiger partial charge >= 0.3 is 0 Å². The fraction of sp³-hybridized carbons (Fsp3) is 0.385. The summed E-state index contributed by atoms with van der Waals surface area (Å²) in [6.45, 7) is 2.00. The molecule has 2 rings (SSSR count). The summed E-state index contributed by atoms with van der Waals surface area (Å²) >= 11 is 11.9. The van der Waals surface area contributed by atoms with Crippen LogP contribution in [0.15, 0.2) is 23.4 Å². The smallest absolute Gasteiger partial charge is 0.238 e. The Morgan fingerprint density at radius 3 is 2.70 bits per heavy atom. The van der Waals surface area contributed by atoms with E-state index >= 15 is 0 Å². The lowest BCUT2D eigenvalue weighted by molar-refractivity contribution is -0.127. The SMILES string of the molecule is CC1CC(C(=O)Nc2cc(Cl)ccc2Cl)(/C(N)=N/O)C1. The number of halogens is 2. The van der Waals surface area contributed by atoms with Gasteiger partial charge in [-0.3, -0.25) is 4.79 Å². The molecule has 1 saturated carbocycles. The third kappa shape index (κ3) is 2.55. The first-order valence-electron chi connectivity index (χ1n) is 6.13. The third-order valence-electron chi connectivity index (χ3n) is 3.60. The lowest BCUT2D eigenvalue weighted by Gasteiger charge is -2.43. The van der Waals surface area contributed by atoms with Gasteiger partial charge in [-0.25, -0.2) is 0 Å². The van der Waals surface area contributed by atoms with Crippen molar-refractivity contribution < 1.29 is 10.0 Å². The van der Waals surface area contributed by atoms with Gasteiger partial charge in [-0.2, -0.15) is 0 Å². The summed E-state index contributed by atoms with van der Waals surface area (Å²) in [6, 6.07) is 4.78. The van der Waals surface area contributed by atoms with Crippen molar-refractivity contribution in [2.24, 2.45) is 22.2 Å². The molecular formula is C13H15Cl2N3O2. The molecule has 0 radical (unpaired) electrons. The summed E-state index contributed by atoms with van der Waals surface area (Å²) in [7, 11) is 0. The van der Waals surface area contributed by atoms with E-state index in [2.05, 4.69) is 10.5 Å². The van der Waals surface area contributed by atoms with Gasteiger partial charge in [-0.05, 0) is 37.0 Å². The van der Waals surface area contributed by atoms with Gasteiger partial charge in [0.05, 0.1) is 10.7 Å². The van der Waals surface area contributed by atoms with Crippen molar-refractivity contribution in [3.63, 3.8) is 0 Å². The predicted octanol–water partition coefficient (Wildman–Crippen LogP) is 3.09. The summed E-state index contributed by atoms with van der Waals surface area (Å²) in [6.07, 6.45) is 1.07. The first-order chi connectivity index (χ1) is 9.39. The minimum atomic E-state index is -0.972. The molecule has 1 aromatic rings. The van der Waals surface area contributed by atoms with Crippen LogP contribution in [0, 0.1) is 11.3 Å². The largest absolute Gasteiger partial charge is 0.409 e. The van der Waals surface area contributed by atoms with Crippen LogP contribution in [-0.4, -0.2) is 17.0 Å². The Morgan fingerprint density at radius 2 is 2.15 bits per heavy atom. The van der Waals surface area contributed by atoms with Crippen LogP contribution in [-0.2, 0) is 4.79 Å². The van der Waals surface area contributed by atoms with E-state index < -0.39 is 5.41 Å². The van der Waals surface area contributed by atoms with Gasteiger partial charge in [-0.1, -0.05) is 35.3 Å². The van der Waals surface area contributed by atoms with Crippen LogP contribution in [0.25, 0.3) is 0 Å². The highest BCUT2D eigenvalue weighted by atomic mass is 35.5. The van der Waals surface area contributed by atoms with Crippen molar-refractivity contribution in [2.75, 3.05) is 5.32 Å². The molecule has 0 aliphatic heterocycles. The molecule has 4 N–H and O–H groups in total. The lowest BCUT2D eigenvalue weighted by atomic mass is 9.61. The molecule has 1 fully saturated rings. The van der Waals surface area contributed by atoms with Crippen LogP contribution in [0.2, 0.25) is 10.0 Å². The maximum Gasteiger partial charge on any atom is 0.238 e. The maximum absolute atomic E-state index is 12.4. The van der Waals surface area contributed by atoms with Crippen molar-refractivity contribution in [3.05, 3.63) is 28.2 Å². The number of hydrogen-bond donors (Lipinski definition) is 3. The number of nitrogens with zero attached hydrogens (tertiary/aromatic N) is 1.